The number of rotatable bonds is 7. The highest BCUT2D eigenvalue weighted by atomic mass is 17.2. The Morgan fingerprint density at radius 1 is 0.825 bits per heavy atom. The Bertz CT molecular complexity index is 1260. The summed E-state index contributed by atoms with van der Waals surface area (Å²) in [5.41, 5.74) is 5.73. The van der Waals surface area contributed by atoms with Crippen LogP contribution in [0.5, 0.6) is 0 Å². The first kappa shape index (κ1) is 31.8. The van der Waals surface area contributed by atoms with E-state index in [0.717, 1.165) is 11.1 Å². The van der Waals surface area contributed by atoms with E-state index in [4.69, 9.17) is 5.11 Å². The van der Waals surface area contributed by atoms with Crippen LogP contribution in [-0.4, -0.2) is 23.0 Å². The van der Waals surface area contributed by atoms with Crippen molar-refractivity contribution in [2.24, 2.45) is 5.41 Å². The number of hydrogen-bond acceptors (Lipinski definition) is 5. The van der Waals surface area contributed by atoms with E-state index in [2.05, 4.69) is 49.6 Å². The molecule has 0 aliphatic heterocycles. The minimum atomic E-state index is -0.912. The Morgan fingerprint density at radius 2 is 1.35 bits per heavy atom. The number of allylic oxidation sites excluding steroid dienone is 9. The van der Waals surface area contributed by atoms with Crippen LogP contribution in [0, 0.1) is 5.41 Å². The lowest BCUT2D eigenvalue weighted by Crippen LogP contribution is -2.19. The molecule has 40 heavy (non-hydrogen) atoms. The molecule has 0 heterocycles. The van der Waals surface area contributed by atoms with Gasteiger partial charge < -0.3 is 5.11 Å². The molecule has 0 saturated carbocycles. The standard InChI is InChI=1S/C20H28O2.C14H10O4/c1-15(8-6-9-16(2)14-19(21)22)11-12-18-17(3)10-7-13-20(18,4)5;15-13(11-7-3-1-4-8-11)17-18-14(16)12-9-5-2-6-10-12/h6,8-9,11-12,14H,7,10,13H2,1-5H3,(H,21,22);1-10H/b9-6+,12-11+,15-8+,16-14+;. The smallest absolute Gasteiger partial charge is 0.386 e. The van der Waals surface area contributed by atoms with Crippen LogP contribution in [0.4, 0.5) is 0 Å². The summed E-state index contributed by atoms with van der Waals surface area (Å²) in [7, 11) is 0. The molecule has 0 atom stereocenters. The summed E-state index contributed by atoms with van der Waals surface area (Å²) >= 11 is 0. The molecule has 210 valence electrons. The Labute approximate surface area is 237 Å². The second-order valence-electron chi connectivity index (χ2n) is 10.2. The highest BCUT2D eigenvalue weighted by molar-refractivity contribution is 5.92. The number of carboxylic acids is 1. The summed E-state index contributed by atoms with van der Waals surface area (Å²) in [6.45, 7) is 10.7. The average Bonchev–Trinajstić information content (AvgIpc) is 2.92. The molecule has 6 nitrogen and oxygen atoms in total. The largest absolute Gasteiger partial charge is 0.478 e. The molecule has 0 saturated heterocycles. The molecule has 3 rings (SSSR count). The van der Waals surface area contributed by atoms with Crippen LogP contribution in [-0.2, 0) is 14.6 Å². The van der Waals surface area contributed by atoms with Crippen LogP contribution in [0.15, 0.2) is 119 Å². The van der Waals surface area contributed by atoms with Gasteiger partial charge in [0.1, 0.15) is 0 Å². The van der Waals surface area contributed by atoms with Gasteiger partial charge in [-0.3, -0.25) is 0 Å². The Balaban J connectivity index is 0.000000285. The summed E-state index contributed by atoms with van der Waals surface area (Å²) in [5.74, 6) is -2.33. The van der Waals surface area contributed by atoms with Gasteiger partial charge in [-0.15, -0.1) is 0 Å². The summed E-state index contributed by atoms with van der Waals surface area (Å²) < 4.78 is 0. The Kier molecular flexibility index (Phi) is 12.6. The van der Waals surface area contributed by atoms with E-state index in [1.165, 1.54) is 36.5 Å². The molecule has 0 fully saturated rings. The van der Waals surface area contributed by atoms with Gasteiger partial charge in [0.05, 0.1) is 11.1 Å². The number of hydrogen-bond donors (Lipinski definition) is 1. The average molecular weight is 543 g/mol. The fourth-order valence-electron chi connectivity index (χ4n) is 4.20. The van der Waals surface area contributed by atoms with Crippen LogP contribution < -0.4 is 0 Å². The van der Waals surface area contributed by atoms with E-state index in [0.29, 0.717) is 11.1 Å². The van der Waals surface area contributed by atoms with Crippen molar-refractivity contribution in [3.63, 3.8) is 0 Å². The molecule has 1 N–H and O–H groups in total. The molecule has 6 heteroatoms. The van der Waals surface area contributed by atoms with Gasteiger partial charge in [-0.05, 0) is 80.9 Å². The SMILES string of the molecule is CC1=C(/C=C/C(C)=C/C=C/C(C)=C/C(=O)O)C(C)(C)CCC1.O=C(OOC(=O)c1ccccc1)c1ccccc1. The number of benzene rings is 2. The molecule has 0 spiro atoms. The second kappa shape index (κ2) is 15.8. The first-order valence-electron chi connectivity index (χ1n) is 13.2. The molecule has 0 aromatic heterocycles. The maximum atomic E-state index is 11.5. The van der Waals surface area contributed by atoms with Crippen molar-refractivity contribution in [3.05, 3.63) is 131 Å². The number of carbonyl (C=O) groups excluding carboxylic acids is 2. The monoisotopic (exact) mass is 542 g/mol. The third-order valence-electron chi connectivity index (χ3n) is 6.34. The number of carboxylic acid groups (broad SMARTS) is 1. The lowest BCUT2D eigenvalue weighted by Gasteiger charge is -2.32. The van der Waals surface area contributed by atoms with E-state index < -0.39 is 17.9 Å². The molecule has 1 aliphatic rings. The lowest BCUT2D eigenvalue weighted by atomic mass is 9.72. The molecule has 0 unspecified atom stereocenters. The first-order chi connectivity index (χ1) is 19.0. The lowest BCUT2D eigenvalue weighted by molar-refractivity contribution is -0.187. The fraction of sp³-hybridized carbons (Fsp3) is 0.265. The van der Waals surface area contributed by atoms with Gasteiger partial charge in [-0.2, -0.15) is 0 Å². The molecule has 1 aliphatic carbocycles. The van der Waals surface area contributed by atoms with Crippen LogP contribution in [0.3, 0.4) is 0 Å². The normalized spacial score (nSPS) is 15.4. The van der Waals surface area contributed by atoms with Gasteiger partial charge in [0.2, 0.25) is 0 Å². The van der Waals surface area contributed by atoms with Gasteiger partial charge in [0.15, 0.2) is 0 Å². The Hall–Kier alpha value is -4.45. The highest BCUT2D eigenvalue weighted by Gasteiger charge is 2.26. The Morgan fingerprint density at radius 3 is 1.82 bits per heavy atom. The minimum Gasteiger partial charge on any atom is -0.478 e. The van der Waals surface area contributed by atoms with Gasteiger partial charge >= 0.3 is 17.9 Å². The molecule has 2 aromatic rings. The predicted octanol–water partition coefficient (Wildman–Crippen LogP) is 8.22. The van der Waals surface area contributed by atoms with E-state index in [1.807, 2.05) is 12.2 Å². The van der Waals surface area contributed by atoms with Crippen molar-refractivity contribution in [2.75, 3.05) is 0 Å². The summed E-state index contributed by atoms with van der Waals surface area (Å²) in [4.78, 5) is 42.4. The van der Waals surface area contributed by atoms with Crippen LogP contribution >= 0.6 is 0 Å². The molecular weight excluding hydrogens is 504 g/mol. The van der Waals surface area contributed by atoms with Gasteiger partial charge in [0.25, 0.3) is 0 Å². The van der Waals surface area contributed by atoms with Crippen molar-refractivity contribution >= 4 is 17.9 Å². The summed E-state index contributed by atoms with van der Waals surface area (Å²) in [5, 5.41) is 8.65. The summed E-state index contributed by atoms with van der Waals surface area (Å²) in [6.07, 6.45) is 15.0. The van der Waals surface area contributed by atoms with Crippen LogP contribution in [0.25, 0.3) is 0 Å². The quantitative estimate of drug-likeness (QED) is 0.164. The summed E-state index contributed by atoms with van der Waals surface area (Å²) in [6, 6.07) is 16.6. The predicted molar refractivity (Wildman–Crippen MR) is 157 cm³/mol. The zero-order chi connectivity index (χ0) is 29.5. The third kappa shape index (κ3) is 11.1. The maximum Gasteiger partial charge on any atom is 0.386 e. The zero-order valence-corrected chi connectivity index (χ0v) is 23.8. The third-order valence-corrected chi connectivity index (χ3v) is 6.34. The van der Waals surface area contributed by atoms with Gasteiger partial charge in [-0.25, -0.2) is 24.2 Å². The van der Waals surface area contributed by atoms with E-state index >= 15 is 0 Å². The van der Waals surface area contributed by atoms with E-state index in [9.17, 15) is 14.4 Å². The van der Waals surface area contributed by atoms with E-state index in [-0.39, 0.29) is 5.41 Å². The molecule has 0 bridgehead atoms. The minimum absolute atomic E-state index is 0.260. The van der Waals surface area contributed by atoms with Gasteiger partial charge in [0, 0.05) is 6.08 Å². The molecule has 0 amide bonds. The topological polar surface area (TPSA) is 89.9 Å². The van der Waals surface area contributed by atoms with Crippen molar-refractivity contribution in [2.45, 2.75) is 53.9 Å². The second-order valence-corrected chi connectivity index (χ2v) is 10.2. The molecular formula is C34H38O6. The number of carbonyl (C=O) groups is 3. The molecule has 0 radical (unpaired) electrons. The first-order valence-corrected chi connectivity index (χ1v) is 13.2. The van der Waals surface area contributed by atoms with Crippen molar-refractivity contribution < 1.29 is 29.3 Å². The maximum absolute atomic E-state index is 11.5. The molecule has 2 aromatic carbocycles. The van der Waals surface area contributed by atoms with Crippen LogP contribution in [0.1, 0.15) is 74.6 Å². The van der Waals surface area contributed by atoms with Gasteiger partial charge in [-0.1, -0.05) is 91.8 Å². The van der Waals surface area contributed by atoms with Crippen molar-refractivity contribution in [3.8, 4) is 0 Å². The van der Waals surface area contributed by atoms with Crippen LogP contribution in [0.2, 0.25) is 0 Å². The van der Waals surface area contributed by atoms with Crippen molar-refractivity contribution in [1.29, 1.82) is 0 Å². The van der Waals surface area contributed by atoms with Crippen molar-refractivity contribution in [1.82, 2.24) is 0 Å². The highest BCUT2D eigenvalue weighted by Crippen LogP contribution is 2.40. The van der Waals surface area contributed by atoms with E-state index in [1.54, 1.807) is 73.7 Å². The fourth-order valence-corrected chi connectivity index (χ4v) is 4.20. The zero-order valence-electron chi connectivity index (χ0n) is 23.8. The number of aliphatic carboxylic acids is 1.